The minimum Gasteiger partial charge on any atom is -0.355 e. The van der Waals surface area contributed by atoms with Gasteiger partial charge in [0.15, 0.2) is 0 Å². The first kappa shape index (κ1) is 21.3. The molecule has 0 bridgehead atoms. The van der Waals surface area contributed by atoms with E-state index in [4.69, 9.17) is 5.10 Å². The van der Waals surface area contributed by atoms with Crippen LogP contribution in [0, 0.1) is 12.8 Å². The van der Waals surface area contributed by atoms with Crippen molar-refractivity contribution >= 4 is 27.8 Å². The van der Waals surface area contributed by atoms with Crippen LogP contribution in [0.1, 0.15) is 28.9 Å². The van der Waals surface area contributed by atoms with Crippen molar-refractivity contribution in [3.63, 3.8) is 0 Å². The van der Waals surface area contributed by atoms with Gasteiger partial charge in [-0.05, 0) is 49.9 Å². The van der Waals surface area contributed by atoms with Gasteiger partial charge in [0.25, 0.3) is 11.5 Å². The van der Waals surface area contributed by atoms with Gasteiger partial charge in [0, 0.05) is 55.9 Å². The molecule has 1 aliphatic carbocycles. The van der Waals surface area contributed by atoms with Gasteiger partial charge in [-0.3, -0.25) is 19.3 Å². The maximum absolute atomic E-state index is 14.1. The maximum atomic E-state index is 14.1. The zero-order valence-electron chi connectivity index (χ0n) is 19.8. The number of hydrogen-bond donors (Lipinski definition) is 1. The normalized spacial score (nSPS) is 13.6. The highest BCUT2D eigenvalue weighted by molar-refractivity contribution is 6.08. The molecule has 0 unspecified atom stereocenters. The Bertz CT molecular complexity index is 1670. The number of amides is 1. The first-order chi connectivity index (χ1) is 16.9. The van der Waals surface area contributed by atoms with Crippen molar-refractivity contribution in [1.82, 2.24) is 34.4 Å². The molecule has 6 rings (SSSR count). The summed E-state index contributed by atoms with van der Waals surface area (Å²) in [5.41, 5.74) is 4.83. The lowest BCUT2D eigenvalue weighted by atomic mass is 10.1. The van der Waals surface area contributed by atoms with Gasteiger partial charge in [-0.15, -0.1) is 0 Å². The second-order valence-electron chi connectivity index (χ2n) is 9.24. The summed E-state index contributed by atoms with van der Waals surface area (Å²) in [6, 6.07) is 9.38. The topological polar surface area (TPSA) is 99.6 Å². The fraction of sp³-hybridized carbons (Fsp3) is 0.269. The van der Waals surface area contributed by atoms with Gasteiger partial charge in [-0.1, -0.05) is 6.07 Å². The van der Waals surface area contributed by atoms with E-state index in [1.54, 1.807) is 17.9 Å². The molecule has 1 N–H and O–H groups in total. The third-order valence-electron chi connectivity index (χ3n) is 6.57. The summed E-state index contributed by atoms with van der Waals surface area (Å²) in [5.74, 6) is 0.306. The maximum Gasteiger partial charge on any atom is 0.281 e. The molecule has 4 aromatic heterocycles. The summed E-state index contributed by atoms with van der Waals surface area (Å²) >= 11 is 0. The van der Waals surface area contributed by atoms with E-state index in [0.29, 0.717) is 39.3 Å². The quantitative estimate of drug-likeness (QED) is 0.428. The minimum absolute atomic E-state index is 0.238. The van der Waals surface area contributed by atoms with E-state index in [0.717, 1.165) is 36.0 Å². The van der Waals surface area contributed by atoms with Gasteiger partial charge < -0.3 is 9.88 Å². The van der Waals surface area contributed by atoms with Gasteiger partial charge >= 0.3 is 0 Å². The minimum atomic E-state index is -0.259. The van der Waals surface area contributed by atoms with Crippen molar-refractivity contribution in [3.05, 3.63) is 70.5 Å². The Labute approximate surface area is 201 Å². The highest BCUT2D eigenvalue weighted by Gasteiger charge is 2.28. The predicted molar refractivity (Wildman–Crippen MR) is 134 cm³/mol. The molecule has 1 saturated carbocycles. The van der Waals surface area contributed by atoms with Crippen LogP contribution in [-0.4, -0.2) is 42.1 Å². The lowest BCUT2D eigenvalue weighted by molar-refractivity contribution is 0.0964. The van der Waals surface area contributed by atoms with Crippen molar-refractivity contribution < 1.29 is 4.79 Å². The fourth-order valence-electron chi connectivity index (χ4n) is 4.60. The van der Waals surface area contributed by atoms with Gasteiger partial charge in [-0.2, -0.15) is 14.9 Å². The number of aromatic nitrogens is 6. The van der Waals surface area contributed by atoms with Crippen LogP contribution in [0.4, 0.5) is 0 Å². The molecule has 0 spiro atoms. The third-order valence-corrected chi connectivity index (χ3v) is 6.57. The van der Waals surface area contributed by atoms with Crippen LogP contribution in [0.5, 0.6) is 0 Å². The Morgan fingerprint density at radius 3 is 2.69 bits per heavy atom. The highest BCUT2D eigenvalue weighted by atomic mass is 16.1. The molecule has 1 aliphatic rings. The number of rotatable bonds is 5. The van der Waals surface area contributed by atoms with E-state index >= 15 is 0 Å². The smallest absolute Gasteiger partial charge is 0.281 e. The second kappa shape index (κ2) is 7.90. The molecule has 9 nitrogen and oxygen atoms in total. The average Bonchev–Trinajstić information content (AvgIpc) is 3.48. The standard InChI is InChI=1S/C26H25N7O2/c1-15-4-7-17(11-28-15)22-24-23(20(25(34)27-2)14-32(24)12-16-5-6-16)30-33(26(22)35)19-8-9-21-18(10-19)13-31(3)29-21/h4,7-11,13-14,16H,5-6,12H2,1-3H3,(H,27,34). The summed E-state index contributed by atoms with van der Waals surface area (Å²) in [4.78, 5) is 31.4. The summed E-state index contributed by atoms with van der Waals surface area (Å²) in [5, 5.41) is 12.8. The molecule has 9 heteroatoms. The highest BCUT2D eigenvalue weighted by Crippen LogP contribution is 2.35. The molecule has 0 saturated heterocycles. The number of aryl methyl sites for hydroxylation is 2. The Morgan fingerprint density at radius 2 is 1.97 bits per heavy atom. The Balaban J connectivity index is 1.69. The zero-order chi connectivity index (χ0) is 24.3. The molecule has 0 atom stereocenters. The molecule has 35 heavy (non-hydrogen) atoms. The Kier molecular flexibility index (Phi) is 4.80. The van der Waals surface area contributed by atoms with E-state index in [1.165, 1.54) is 4.68 Å². The van der Waals surface area contributed by atoms with Gasteiger partial charge in [0.05, 0.1) is 27.8 Å². The number of nitrogens with zero attached hydrogens (tertiary/aromatic N) is 6. The van der Waals surface area contributed by atoms with E-state index in [9.17, 15) is 9.59 Å². The lowest BCUT2D eigenvalue weighted by Crippen LogP contribution is -2.25. The molecule has 4 heterocycles. The fourth-order valence-corrected chi connectivity index (χ4v) is 4.60. The van der Waals surface area contributed by atoms with Crippen LogP contribution >= 0.6 is 0 Å². The number of benzene rings is 1. The number of pyridine rings is 1. The molecular formula is C26H25N7O2. The van der Waals surface area contributed by atoms with Crippen molar-refractivity contribution in [1.29, 1.82) is 0 Å². The van der Waals surface area contributed by atoms with Crippen molar-refractivity contribution in [2.45, 2.75) is 26.3 Å². The molecule has 0 aliphatic heterocycles. The van der Waals surface area contributed by atoms with E-state index in [2.05, 4.69) is 15.4 Å². The van der Waals surface area contributed by atoms with Crippen molar-refractivity contribution in [3.8, 4) is 16.8 Å². The van der Waals surface area contributed by atoms with Crippen LogP contribution in [0.25, 0.3) is 38.8 Å². The molecule has 5 aromatic rings. The summed E-state index contributed by atoms with van der Waals surface area (Å²) in [6.07, 6.45) is 7.73. The number of carbonyl (C=O) groups is 1. The first-order valence-electron chi connectivity index (χ1n) is 11.7. The van der Waals surface area contributed by atoms with Gasteiger partial charge in [0.1, 0.15) is 5.52 Å². The lowest BCUT2D eigenvalue weighted by Gasteiger charge is -2.12. The number of hydrogen-bond acceptors (Lipinski definition) is 5. The van der Waals surface area contributed by atoms with Gasteiger partial charge in [-0.25, -0.2) is 0 Å². The van der Waals surface area contributed by atoms with E-state index in [-0.39, 0.29) is 11.5 Å². The number of carbonyl (C=O) groups excluding carboxylic acids is 1. The predicted octanol–water partition coefficient (Wildman–Crippen LogP) is 3.21. The molecule has 176 valence electrons. The van der Waals surface area contributed by atoms with Crippen LogP contribution in [0.15, 0.2) is 53.7 Å². The van der Waals surface area contributed by atoms with Crippen LogP contribution < -0.4 is 10.9 Å². The van der Waals surface area contributed by atoms with Crippen LogP contribution in [-0.2, 0) is 13.6 Å². The summed E-state index contributed by atoms with van der Waals surface area (Å²) in [7, 11) is 3.46. The summed E-state index contributed by atoms with van der Waals surface area (Å²) < 4.78 is 5.15. The largest absolute Gasteiger partial charge is 0.355 e. The van der Waals surface area contributed by atoms with E-state index in [1.807, 2.05) is 61.3 Å². The second-order valence-corrected chi connectivity index (χ2v) is 9.24. The van der Waals surface area contributed by atoms with Crippen LogP contribution in [0.3, 0.4) is 0 Å². The summed E-state index contributed by atoms with van der Waals surface area (Å²) in [6.45, 7) is 2.65. The van der Waals surface area contributed by atoms with E-state index < -0.39 is 0 Å². The Morgan fingerprint density at radius 1 is 1.14 bits per heavy atom. The number of fused-ring (bicyclic) bond motifs is 2. The molecule has 1 fully saturated rings. The van der Waals surface area contributed by atoms with Crippen LogP contribution in [0.2, 0.25) is 0 Å². The van der Waals surface area contributed by atoms with Crippen molar-refractivity contribution in [2.75, 3.05) is 7.05 Å². The number of nitrogens with one attached hydrogen (secondary N) is 1. The monoisotopic (exact) mass is 467 g/mol. The molecular weight excluding hydrogens is 442 g/mol. The zero-order valence-corrected chi connectivity index (χ0v) is 19.8. The first-order valence-corrected chi connectivity index (χ1v) is 11.7. The third kappa shape index (κ3) is 3.60. The molecule has 0 radical (unpaired) electrons. The molecule has 1 amide bonds. The average molecular weight is 468 g/mol. The SMILES string of the molecule is CNC(=O)c1cn(CC2CC2)c2c(-c3ccc(C)nc3)c(=O)n(-c3ccc4nn(C)cc4c3)nc12. The molecule has 1 aromatic carbocycles. The Hall–Kier alpha value is -4.27. The van der Waals surface area contributed by atoms with Crippen molar-refractivity contribution in [2.24, 2.45) is 13.0 Å². The van der Waals surface area contributed by atoms with Gasteiger partial charge in [0.2, 0.25) is 0 Å².